The van der Waals surface area contributed by atoms with Crippen LogP contribution in [0.15, 0.2) is 41.3 Å². The van der Waals surface area contributed by atoms with Crippen molar-refractivity contribution in [2.24, 2.45) is 5.41 Å². The molecule has 0 radical (unpaired) electrons. The van der Waals surface area contributed by atoms with Crippen LogP contribution in [-0.4, -0.2) is 21.5 Å². The molecule has 148 valence electrons. The molecular formula is C21H19Cl2FO3S. The number of rotatable bonds is 5. The van der Waals surface area contributed by atoms with E-state index in [2.05, 4.69) is 0 Å². The van der Waals surface area contributed by atoms with Gasteiger partial charge in [-0.1, -0.05) is 35.3 Å². The molecule has 0 saturated heterocycles. The number of sulfone groups is 1. The summed E-state index contributed by atoms with van der Waals surface area (Å²) in [6.07, 6.45) is 4.21. The zero-order chi connectivity index (χ0) is 20.1. The van der Waals surface area contributed by atoms with E-state index in [-0.39, 0.29) is 10.3 Å². The molecule has 0 heterocycles. The molecule has 1 spiro atoms. The van der Waals surface area contributed by atoms with E-state index >= 15 is 0 Å². The standard InChI is InChI=1S/C21H19Cl2FO3S/c1-27-20-18(22)8-14(9-19(20)23)17-11-21(6-7-21)10-16(17)13-2-4-15(5-3-13)28(25,26)12-24/h2-5,8-9H,6-7,10-12H2,1H3. The van der Waals surface area contributed by atoms with Crippen molar-refractivity contribution >= 4 is 44.2 Å². The number of hydrogen-bond donors (Lipinski definition) is 0. The molecule has 3 nitrogen and oxygen atoms in total. The van der Waals surface area contributed by atoms with Crippen LogP contribution in [0.3, 0.4) is 0 Å². The van der Waals surface area contributed by atoms with Crippen LogP contribution in [0.5, 0.6) is 5.75 Å². The Kier molecular flexibility index (Phi) is 4.97. The summed E-state index contributed by atoms with van der Waals surface area (Å²) in [5.74, 6) is 0.453. The fourth-order valence-electron chi connectivity index (χ4n) is 3.96. The minimum Gasteiger partial charge on any atom is -0.494 e. The SMILES string of the molecule is COc1c(Cl)cc(C2=C(c3ccc(S(=O)(=O)CF)cc3)CC3(CC3)C2)cc1Cl. The summed E-state index contributed by atoms with van der Waals surface area (Å²) in [5, 5.41) is 0.913. The lowest BCUT2D eigenvalue weighted by molar-refractivity contribution is 0.415. The molecule has 2 aliphatic carbocycles. The maximum Gasteiger partial charge on any atom is 0.207 e. The largest absolute Gasteiger partial charge is 0.494 e. The third-order valence-electron chi connectivity index (χ3n) is 5.68. The van der Waals surface area contributed by atoms with Crippen LogP contribution in [0.25, 0.3) is 11.1 Å². The normalized spacial score (nSPS) is 18.0. The molecule has 7 heteroatoms. The van der Waals surface area contributed by atoms with Crippen LogP contribution in [0.2, 0.25) is 10.0 Å². The van der Waals surface area contributed by atoms with E-state index in [0.29, 0.717) is 15.8 Å². The summed E-state index contributed by atoms with van der Waals surface area (Å²) < 4.78 is 41.5. The monoisotopic (exact) mass is 440 g/mol. The predicted octanol–water partition coefficient (Wildman–Crippen LogP) is 6.19. The second-order valence-corrected chi connectivity index (χ2v) is 10.3. The maximum absolute atomic E-state index is 12.8. The fraction of sp³-hybridized carbons (Fsp3) is 0.333. The number of methoxy groups -OCH3 is 1. The van der Waals surface area contributed by atoms with Gasteiger partial charge >= 0.3 is 0 Å². The van der Waals surface area contributed by atoms with Gasteiger partial charge in [0, 0.05) is 0 Å². The smallest absolute Gasteiger partial charge is 0.207 e. The van der Waals surface area contributed by atoms with E-state index in [0.717, 1.165) is 24.0 Å². The molecule has 0 amide bonds. The van der Waals surface area contributed by atoms with Gasteiger partial charge in [-0.05, 0) is 77.6 Å². The van der Waals surface area contributed by atoms with Crippen LogP contribution < -0.4 is 4.74 Å². The van der Waals surface area contributed by atoms with E-state index in [4.69, 9.17) is 27.9 Å². The van der Waals surface area contributed by atoms with Gasteiger partial charge in [-0.15, -0.1) is 0 Å². The van der Waals surface area contributed by atoms with Crippen LogP contribution >= 0.6 is 23.2 Å². The first kappa shape index (κ1) is 19.7. The van der Waals surface area contributed by atoms with Gasteiger partial charge in [-0.2, -0.15) is 0 Å². The number of allylic oxidation sites excluding steroid dienone is 2. The van der Waals surface area contributed by atoms with E-state index in [1.54, 1.807) is 12.1 Å². The highest BCUT2D eigenvalue weighted by Gasteiger charge is 2.48. The Balaban J connectivity index is 1.79. The van der Waals surface area contributed by atoms with Crippen molar-refractivity contribution in [3.05, 3.63) is 57.6 Å². The Labute approximate surface area is 174 Å². The fourth-order valence-corrected chi connectivity index (χ4v) is 5.28. The molecule has 2 aromatic rings. The summed E-state index contributed by atoms with van der Waals surface area (Å²) in [4.78, 5) is -0.00410. The molecule has 28 heavy (non-hydrogen) atoms. The van der Waals surface area contributed by atoms with Gasteiger partial charge < -0.3 is 4.74 Å². The third-order valence-corrected chi connectivity index (χ3v) is 7.52. The summed E-state index contributed by atoms with van der Waals surface area (Å²) in [6, 6.07) is 8.79. The molecule has 0 bridgehead atoms. The Morgan fingerprint density at radius 2 is 1.54 bits per heavy atom. The minimum absolute atomic E-state index is 0.00410. The van der Waals surface area contributed by atoms with Crippen molar-refractivity contribution in [2.75, 3.05) is 13.1 Å². The molecular weight excluding hydrogens is 422 g/mol. The molecule has 0 N–H and O–H groups in total. The van der Waals surface area contributed by atoms with Crippen molar-refractivity contribution < 1.29 is 17.5 Å². The molecule has 0 aliphatic heterocycles. The van der Waals surface area contributed by atoms with Crippen LogP contribution in [0, 0.1) is 5.41 Å². The van der Waals surface area contributed by atoms with Gasteiger partial charge in [0.1, 0.15) is 0 Å². The Morgan fingerprint density at radius 3 is 2.00 bits per heavy atom. The van der Waals surface area contributed by atoms with Gasteiger partial charge in [-0.25, -0.2) is 12.8 Å². The van der Waals surface area contributed by atoms with Gasteiger partial charge in [0.15, 0.2) is 11.8 Å². The van der Waals surface area contributed by atoms with Crippen molar-refractivity contribution in [1.29, 1.82) is 0 Å². The van der Waals surface area contributed by atoms with E-state index in [1.165, 1.54) is 43.2 Å². The summed E-state index contributed by atoms with van der Waals surface area (Å²) in [5.41, 5.74) is 4.52. The summed E-state index contributed by atoms with van der Waals surface area (Å²) in [6.45, 7) is 0. The van der Waals surface area contributed by atoms with Crippen molar-refractivity contribution in [1.82, 2.24) is 0 Å². The quantitative estimate of drug-likeness (QED) is 0.556. The Bertz CT molecular complexity index is 1050. The molecule has 1 fully saturated rings. The highest BCUT2D eigenvalue weighted by Crippen LogP contribution is 2.63. The predicted molar refractivity (Wildman–Crippen MR) is 110 cm³/mol. The molecule has 2 aromatic carbocycles. The topological polar surface area (TPSA) is 43.4 Å². The average Bonchev–Trinajstić information content (AvgIpc) is 3.32. The lowest BCUT2D eigenvalue weighted by Gasteiger charge is -2.12. The molecule has 1 saturated carbocycles. The highest BCUT2D eigenvalue weighted by atomic mass is 35.5. The second-order valence-electron chi connectivity index (χ2n) is 7.53. The molecule has 0 aromatic heterocycles. The first-order chi connectivity index (χ1) is 13.3. The van der Waals surface area contributed by atoms with Crippen molar-refractivity contribution in [3.63, 3.8) is 0 Å². The maximum atomic E-state index is 12.8. The Morgan fingerprint density at radius 1 is 1.00 bits per heavy atom. The zero-order valence-electron chi connectivity index (χ0n) is 15.3. The first-order valence-corrected chi connectivity index (χ1v) is 11.3. The Hall–Kier alpha value is -1.56. The van der Waals surface area contributed by atoms with Gasteiger partial charge in [-0.3, -0.25) is 0 Å². The van der Waals surface area contributed by atoms with E-state index in [9.17, 15) is 12.8 Å². The number of halogens is 3. The zero-order valence-corrected chi connectivity index (χ0v) is 17.6. The van der Waals surface area contributed by atoms with Gasteiger partial charge in [0.25, 0.3) is 0 Å². The van der Waals surface area contributed by atoms with Crippen molar-refractivity contribution in [2.45, 2.75) is 30.6 Å². The van der Waals surface area contributed by atoms with Crippen LogP contribution in [0.1, 0.15) is 36.8 Å². The van der Waals surface area contributed by atoms with Crippen molar-refractivity contribution in [3.8, 4) is 5.75 Å². The lowest BCUT2D eigenvalue weighted by atomic mass is 9.97. The summed E-state index contributed by atoms with van der Waals surface area (Å²) in [7, 11) is -2.34. The second kappa shape index (κ2) is 7.05. The molecule has 4 rings (SSSR count). The van der Waals surface area contributed by atoms with E-state index in [1.807, 2.05) is 12.1 Å². The van der Waals surface area contributed by atoms with Crippen LogP contribution in [0.4, 0.5) is 4.39 Å². The molecule has 0 unspecified atom stereocenters. The minimum atomic E-state index is -3.87. The number of alkyl halides is 1. The summed E-state index contributed by atoms with van der Waals surface area (Å²) >= 11 is 12.7. The number of benzene rings is 2. The van der Waals surface area contributed by atoms with Gasteiger partial charge in [0.05, 0.1) is 22.1 Å². The average molecular weight is 441 g/mol. The van der Waals surface area contributed by atoms with Gasteiger partial charge in [0.2, 0.25) is 9.84 Å². The molecule has 0 atom stereocenters. The van der Waals surface area contributed by atoms with E-state index < -0.39 is 15.8 Å². The lowest BCUT2D eigenvalue weighted by Crippen LogP contribution is -2.02. The highest BCUT2D eigenvalue weighted by molar-refractivity contribution is 7.91. The third kappa shape index (κ3) is 3.44. The number of ether oxygens (including phenoxy) is 1. The first-order valence-electron chi connectivity index (χ1n) is 8.93. The molecule has 2 aliphatic rings. The number of hydrogen-bond acceptors (Lipinski definition) is 3. The van der Waals surface area contributed by atoms with Crippen LogP contribution in [-0.2, 0) is 9.84 Å².